The molecule has 1 saturated heterocycles. The lowest BCUT2D eigenvalue weighted by Gasteiger charge is -2.37. The number of aryl methyl sites for hydroxylation is 1. The van der Waals surface area contributed by atoms with Crippen molar-refractivity contribution < 1.29 is 4.39 Å². The summed E-state index contributed by atoms with van der Waals surface area (Å²) in [5, 5.41) is 0. The summed E-state index contributed by atoms with van der Waals surface area (Å²) in [6.45, 7) is 2.37. The van der Waals surface area contributed by atoms with Gasteiger partial charge in [0.2, 0.25) is 0 Å². The SMILES string of the molecule is CCC[SiH]1CCC(C2CCC(CCc3ccc(F)cc3)CC2)CC1. The van der Waals surface area contributed by atoms with E-state index in [0.717, 1.165) is 24.2 Å². The molecule has 1 aliphatic heterocycles. The average molecular weight is 347 g/mol. The molecule has 0 unspecified atom stereocenters. The van der Waals surface area contributed by atoms with Crippen molar-refractivity contribution in [2.24, 2.45) is 17.8 Å². The second-order valence-corrected chi connectivity index (χ2v) is 12.0. The Morgan fingerprint density at radius 2 is 1.54 bits per heavy atom. The van der Waals surface area contributed by atoms with Crippen LogP contribution in [0.2, 0.25) is 18.1 Å². The maximum Gasteiger partial charge on any atom is 0.123 e. The smallest absolute Gasteiger partial charge is 0.123 e. The van der Waals surface area contributed by atoms with E-state index in [9.17, 15) is 4.39 Å². The van der Waals surface area contributed by atoms with Crippen molar-refractivity contribution in [3.63, 3.8) is 0 Å². The predicted octanol–water partition coefficient (Wildman–Crippen LogP) is 6.61. The van der Waals surface area contributed by atoms with Gasteiger partial charge in [0.25, 0.3) is 0 Å². The molecular formula is C22H35FSi. The Hall–Kier alpha value is -0.633. The molecule has 1 aromatic rings. The van der Waals surface area contributed by atoms with Gasteiger partial charge in [-0.1, -0.05) is 69.3 Å². The van der Waals surface area contributed by atoms with Gasteiger partial charge < -0.3 is 0 Å². The molecule has 1 aliphatic carbocycles. The predicted molar refractivity (Wildman–Crippen MR) is 105 cm³/mol. The highest BCUT2D eigenvalue weighted by Gasteiger charge is 2.30. The van der Waals surface area contributed by atoms with Gasteiger partial charge in [0.1, 0.15) is 5.82 Å². The third-order valence-electron chi connectivity index (χ3n) is 6.90. The van der Waals surface area contributed by atoms with Gasteiger partial charge in [-0.15, -0.1) is 0 Å². The van der Waals surface area contributed by atoms with Crippen molar-refractivity contribution in [1.29, 1.82) is 0 Å². The molecule has 0 bridgehead atoms. The lowest BCUT2D eigenvalue weighted by atomic mass is 9.73. The van der Waals surface area contributed by atoms with Crippen molar-refractivity contribution >= 4 is 8.80 Å². The van der Waals surface area contributed by atoms with E-state index in [0.29, 0.717) is 0 Å². The van der Waals surface area contributed by atoms with Crippen LogP contribution in [-0.2, 0) is 6.42 Å². The third-order valence-corrected chi connectivity index (χ3v) is 10.6. The molecule has 134 valence electrons. The number of halogens is 1. The van der Waals surface area contributed by atoms with E-state index in [1.54, 1.807) is 43.1 Å². The Balaban J connectivity index is 1.36. The standard InChI is InChI=1S/C22H35FSi/c1-2-15-24-16-13-21(14-17-24)20-9-5-18(6-10-20)3-4-19-7-11-22(23)12-8-19/h7-8,11-12,18,20-21,24H,2-6,9-10,13-17H2,1H3. The molecule has 24 heavy (non-hydrogen) atoms. The Morgan fingerprint density at radius 1 is 0.917 bits per heavy atom. The summed E-state index contributed by atoms with van der Waals surface area (Å²) in [6, 6.07) is 12.0. The summed E-state index contributed by atoms with van der Waals surface area (Å²) >= 11 is 0. The zero-order valence-corrected chi connectivity index (χ0v) is 16.6. The Bertz CT molecular complexity index is 467. The molecule has 0 N–H and O–H groups in total. The summed E-state index contributed by atoms with van der Waals surface area (Å²) in [6.07, 6.45) is 12.9. The zero-order valence-electron chi connectivity index (χ0n) is 15.5. The molecule has 2 heteroatoms. The van der Waals surface area contributed by atoms with Crippen molar-refractivity contribution in [1.82, 2.24) is 0 Å². The van der Waals surface area contributed by atoms with Gasteiger partial charge in [0, 0.05) is 8.80 Å². The highest BCUT2D eigenvalue weighted by molar-refractivity contribution is 6.58. The Kier molecular flexibility index (Phi) is 6.94. The van der Waals surface area contributed by atoms with Crippen LogP contribution >= 0.6 is 0 Å². The summed E-state index contributed by atoms with van der Waals surface area (Å²) < 4.78 is 13.0. The lowest BCUT2D eigenvalue weighted by molar-refractivity contribution is 0.186. The summed E-state index contributed by atoms with van der Waals surface area (Å²) in [4.78, 5) is 0. The highest BCUT2D eigenvalue weighted by atomic mass is 28.3. The summed E-state index contributed by atoms with van der Waals surface area (Å²) in [5.74, 6) is 2.92. The first-order valence-electron chi connectivity index (χ1n) is 10.5. The molecule has 3 rings (SSSR count). The van der Waals surface area contributed by atoms with Crippen LogP contribution in [0.25, 0.3) is 0 Å². The molecule has 1 saturated carbocycles. The zero-order chi connectivity index (χ0) is 16.8. The molecule has 2 aliphatic rings. The molecule has 0 spiro atoms. The van der Waals surface area contributed by atoms with E-state index in [2.05, 4.69) is 6.92 Å². The van der Waals surface area contributed by atoms with E-state index in [4.69, 9.17) is 0 Å². The van der Waals surface area contributed by atoms with E-state index in [1.165, 1.54) is 44.1 Å². The summed E-state index contributed by atoms with van der Waals surface area (Å²) in [5.41, 5.74) is 1.30. The van der Waals surface area contributed by atoms with Crippen LogP contribution in [0.4, 0.5) is 4.39 Å². The maximum absolute atomic E-state index is 13.0. The lowest BCUT2D eigenvalue weighted by Crippen LogP contribution is -2.28. The van der Waals surface area contributed by atoms with Gasteiger partial charge in [-0.05, 0) is 61.1 Å². The topological polar surface area (TPSA) is 0 Å². The first-order chi connectivity index (χ1) is 11.7. The van der Waals surface area contributed by atoms with Crippen molar-refractivity contribution in [3.05, 3.63) is 35.6 Å². The maximum atomic E-state index is 13.0. The van der Waals surface area contributed by atoms with Crippen LogP contribution in [0.1, 0.15) is 63.9 Å². The molecule has 0 aromatic heterocycles. The molecule has 2 fully saturated rings. The molecule has 0 radical (unpaired) electrons. The van der Waals surface area contributed by atoms with E-state index >= 15 is 0 Å². The van der Waals surface area contributed by atoms with Gasteiger partial charge in [-0.25, -0.2) is 4.39 Å². The van der Waals surface area contributed by atoms with E-state index < -0.39 is 0 Å². The molecule has 1 heterocycles. The van der Waals surface area contributed by atoms with Gasteiger partial charge in [-0.2, -0.15) is 0 Å². The first-order valence-corrected chi connectivity index (χ1v) is 12.9. The first kappa shape index (κ1) is 18.2. The second-order valence-electron chi connectivity index (χ2n) is 8.52. The van der Waals surface area contributed by atoms with Gasteiger partial charge in [-0.3, -0.25) is 0 Å². The summed E-state index contributed by atoms with van der Waals surface area (Å²) in [7, 11) is -0.308. The Labute approximate surface area is 149 Å². The molecule has 1 aromatic carbocycles. The molecule has 0 nitrogen and oxygen atoms in total. The van der Waals surface area contributed by atoms with Crippen LogP contribution in [0.15, 0.2) is 24.3 Å². The highest BCUT2D eigenvalue weighted by Crippen LogP contribution is 2.41. The van der Waals surface area contributed by atoms with Crippen molar-refractivity contribution in [3.8, 4) is 0 Å². The van der Waals surface area contributed by atoms with Crippen LogP contribution < -0.4 is 0 Å². The normalized spacial score (nSPS) is 31.1. The second kappa shape index (κ2) is 9.17. The number of hydrogen-bond acceptors (Lipinski definition) is 0. The van der Waals surface area contributed by atoms with E-state index in [-0.39, 0.29) is 14.6 Å². The van der Waals surface area contributed by atoms with Crippen LogP contribution in [-0.4, -0.2) is 8.80 Å². The van der Waals surface area contributed by atoms with Crippen molar-refractivity contribution in [2.75, 3.05) is 0 Å². The Morgan fingerprint density at radius 3 is 2.17 bits per heavy atom. The van der Waals surface area contributed by atoms with Crippen LogP contribution in [0.5, 0.6) is 0 Å². The van der Waals surface area contributed by atoms with Crippen LogP contribution in [0, 0.1) is 23.6 Å². The molecule has 0 atom stereocenters. The fraction of sp³-hybridized carbons (Fsp3) is 0.727. The number of rotatable bonds is 6. The quantitative estimate of drug-likeness (QED) is 0.508. The molecular weight excluding hydrogens is 311 g/mol. The fourth-order valence-electron chi connectivity index (χ4n) is 5.33. The monoisotopic (exact) mass is 346 g/mol. The van der Waals surface area contributed by atoms with Gasteiger partial charge in [0.15, 0.2) is 0 Å². The van der Waals surface area contributed by atoms with E-state index in [1.807, 2.05) is 12.1 Å². The van der Waals surface area contributed by atoms with Gasteiger partial charge >= 0.3 is 0 Å². The van der Waals surface area contributed by atoms with Crippen molar-refractivity contribution in [2.45, 2.75) is 82.8 Å². The number of benzene rings is 1. The minimum absolute atomic E-state index is 0.115. The number of hydrogen-bond donors (Lipinski definition) is 0. The molecule has 0 amide bonds. The minimum atomic E-state index is -0.308. The van der Waals surface area contributed by atoms with Crippen LogP contribution in [0.3, 0.4) is 0 Å². The minimum Gasteiger partial charge on any atom is -0.207 e. The third kappa shape index (κ3) is 5.18. The van der Waals surface area contributed by atoms with Gasteiger partial charge in [0.05, 0.1) is 0 Å². The average Bonchev–Trinajstić information content (AvgIpc) is 2.63. The fourth-order valence-corrected chi connectivity index (χ4v) is 8.81. The largest absolute Gasteiger partial charge is 0.207 e.